The van der Waals surface area contributed by atoms with Crippen LogP contribution in [0.4, 0.5) is 8.78 Å². The average Bonchev–Trinajstić information content (AvgIpc) is 2.21. The summed E-state index contributed by atoms with van der Waals surface area (Å²) in [4.78, 5) is 0. The van der Waals surface area contributed by atoms with Gasteiger partial charge in [-0.05, 0) is 12.1 Å². The number of methoxy groups -OCH3 is 1. The molecule has 84 valence electrons. The Morgan fingerprint density at radius 3 is 2.73 bits per heavy atom. The summed E-state index contributed by atoms with van der Waals surface area (Å²) < 4.78 is 35.3. The first-order chi connectivity index (χ1) is 7.15. The van der Waals surface area contributed by atoms with Crippen LogP contribution in [-0.2, 0) is 4.74 Å². The van der Waals surface area contributed by atoms with Gasteiger partial charge in [0.1, 0.15) is 12.7 Å². The molecule has 15 heavy (non-hydrogen) atoms. The lowest BCUT2D eigenvalue weighted by molar-refractivity contribution is 0.0314. The summed E-state index contributed by atoms with van der Waals surface area (Å²) >= 11 is 0. The van der Waals surface area contributed by atoms with Crippen molar-refractivity contribution in [2.45, 2.75) is 6.10 Å². The minimum Gasteiger partial charge on any atom is -0.488 e. The van der Waals surface area contributed by atoms with E-state index in [0.29, 0.717) is 0 Å². The second-order valence-corrected chi connectivity index (χ2v) is 2.97. The first-order valence-corrected chi connectivity index (χ1v) is 4.39. The third-order valence-corrected chi connectivity index (χ3v) is 1.71. The van der Waals surface area contributed by atoms with Crippen molar-refractivity contribution in [3.63, 3.8) is 0 Å². The van der Waals surface area contributed by atoms with Crippen LogP contribution in [0.3, 0.4) is 0 Å². The second kappa shape index (κ2) is 5.63. The summed E-state index contributed by atoms with van der Waals surface area (Å²) in [5.74, 6) is -2.25. The molecule has 0 fully saturated rings. The van der Waals surface area contributed by atoms with E-state index in [1.165, 1.54) is 19.2 Å². The molecule has 0 radical (unpaired) electrons. The molecule has 1 atom stereocenters. The highest BCUT2D eigenvalue weighted by Gasteiger charge is 2.10. The Labute approximate surface area is 86.2 Å². The molecule has 3 nitrogen and oxygen atoms in total. The van der Waals surface area contributed by atoms with Crippen LogP contribution in [0.1, 0.15) is 0 Å². The molecule has 0 heterocycles. The van der Waals surface area contributed by atoms with E-state index in [-0.39, 0.29) is 19.0 Å². The van der Waals surface area contributed by atoms with Crippen LogP contribution >= 0.6 is 0 Å². The van der Waals surface area contributed by atoms with Gasteiger partial charge in [0.15, 0.2) is 11.6 Å². The lowest BCUT2D eigenvalue weighted by Crippen LogP contribution is -2.22. The van der Waals surface area contributed by atoms with Crippen LogP contribution in [0.15, 0.2) is 18.2 Å². The Hall–Kier alpha value is -1.20. The number of benzene rings is 1. The van der Waals surface area contributed by atoms with E-state index in [4.69, 9.17) is 4.74 Å². The summed E-state index contributed by atoms with van der Waals surface area (Å²) in [5.41, 5.74) is 0. The predicted molar refractivity (Wildman–Crippen MR) is 49.7 cm³/mol. The standard InChI is InChI=1S/C10H12F2O3/c1-14-5-7(13)6-15-9-4-2-3-8(11)10(9)12/h2-4,7,13H,5-6H2,1H3. The molecule has 0 aliphatic carbocycles. The Bertz CT molecular complexity index is 318. The van der Waals surface area contributed by atoms with Gasteiger partial charge in [-0.3, -0.25) is 0 Å². The van der Waals surface area contributed by atoms with Gasteiger partial charge in [-0.1, -0.05) is 6.07 Å². The van der Waals surface area contributed by atoms with Crippen molar-refractivity contribution in [1.82, 2.24) is 0 Å². The highest BCUT2D eigenvalue weighted by molar-refractivity contribution is 5.24. The van der Waals surface area contributed by atoms with Gasteiger partial charge in [0, 0.05) is 7.11 Å². The van der Waals surface area contributed by atoms with Crippen LogP contribution in [0.5, 0.6) is 5.75 Å². The number of rotatable bonds is 5. The van der Waals surface area contributed by atoms with E-state index < -0.39 is 17.7 Å². The molecule has 1 rings (SSSR count). The van der Waals surface area contributed by atoms with Crippen LogP contribution in [0, 0.1) is 11.6 Å². The average molecular weight is 218 g/mol. The SMILES string of the molecule is COCC(O)COc1cccc(F)c1F. The molecule has 0 aliphatic rings. The molecule has 0 aliphatic heterocycles. The van der Waals surface area contributed by atoms with Gasteiger partial charge >= 0.3 is 0 Å². The molecule has 0 spiro atoms. The fourth-order valence-electron chi connectivity index (χ4n) is 1.02. The van der Waals surface area contributed by atoms with Crippen molar-refractivity contribution in [3.8, 4) is 5.75 Å². The minimum absolute atomic E-state index is 0.0803. The summed E-state index contributed by atoms with van der Waals surface area (Å²) in [6, 6.07) is 3.61. The van der Waals surface area contributed by atoms with Crippen molar-refractivity contribution in [1.29, 1.82) is 0 Å². The number of ether oxygens (including phenoxy) is 2. The fourth-order valence-corrected chi connectivity index (χ4v) is 1.02. The van der Waals surface area contributed by atoms with E-state index in [2.05, 4.69) is 4.74 Å². The van der Waals surface area contributed by atoms with E-state index in [1.807, 2.05) is 0 Å². The number of hydrogen-bond donors (Lipinski definition) is 1. The maximum absolute atomic E-state index is 13.0. The Kier molecular flexibility index (Phi) is 4.45. The first kappa shape index (κ1) is 11.9. The maximum atomic E-state index is 13.0. The fraction of sp³-hybridized carbons (Fsp3) is 0.400. The molecular weight excluding hydrogens is 206 g/mol. The number of halogens is 2. The maximum Gasteiger partial charge on any atom is 0.200 e. The van der Waals surface area contributed by atoms with Gasteiger partial charge < -0.3 is 14.6 Å². The second-order valence-electron chi connectivity index (χ2n) is 2.97. The van der Waals surface area contributed by atoms with Gasteiger partial charge in [0.05, 0.1) is 6.61 Å². The number of hydrogen-bond acceptors (Lipinski definition) is 3. The third-order valence-electron chi connectivity index (χ3n) is 1.71. The quantitative estimate of drug-likeness (QED) is 0.810. The van der Waals surface area contributed by atoms with Gasteiger partial charge in [-0.15, -0.1) is 0 Å². The molecule has 1 aromatic rings. The lowest BCUT2D eigenvalue weighted by atomic mass is 10.3. The molecule has 5 heteroatoms. The van der Waals surface area contributed by atoms with Crippen molar-refractivity contribution in [2.75, 3.05) is 20.3 Å². The molecule has 1 N–H and O–H groups in total. The van der Waals surface area contributed by atoms with Crippen LogP contribution < -0.4 is 4.74 Å². The Balaban J connectivity index is 2.54. The Morgan fingerprint density at radius 2 is 2.07 bits per heavy atom. The zero-order valence-electron chi connectivity index (χ0n) is 8.24. The van der Waals surface area contributed by atoms with Gasteiger partial charge in [0.25, 0.3) is 0 Å². The highest BCUT2D eigenvalue weighted by Crippen LogP contribution is 2.19. The van der Waals surface area contributed by atoms with E-state index >= 15 is 0 Å². The number of aliphatic hydroxyl groups excluding tert-OH is 1. The zero-order valence-corrected chi connectivity index (χ0v) is 8.24. The van der Waals surface area contributed by atoms with Crippen molar-refractivity contribution >= 4 is 0 Å². The molecule has 1 aromatic carbocycles. The van der Waals surface area contributed by atoms with Gasteiger partial charge in [-0.2, -0.15) is 4.39 Å². The first-order valence-electron chi connectivity index (χ1n) is 4.39. The minimum atomic E-state index is -1.05. The predicted octanol–water partition coefficient (Wildman–Crippen LogP) is 1.35. The molecule has 0 bridgehead atoms. The molecular formula is C10H12F2O3. The zero-order chi connectivity index (χ0) is 11.3. The van der Waals surface area contributed by atoms with Crippen molar-refractivity contribution < 1.29 is 23.4 Å². The van der Waals surface area contributed by atoms with Crippen LogP contribution in [-0.4, -0.2) is 31.5 Å². The third kappa shape index (κ3) is 3.45. The summed E-state index contributed by atoms with van der Waals surface area (Å²) in [6.45, 7) is -0.0643. The van der Waals surface area contributed by atoms with E-state index in [0.717, 1.165) is 6.07 Å². The van der Waals surface area contributed by atoms with Gasteiger partial charge in [0.2, 0.25) is 5.82 Å². The normalized spacial score (nSPS) is 12.5. The van der Waals surface area contributed by atoms with Gasteiger partial charge in [-0.25, -0.2) is 4.39 Å². The van der Waals surface area contributed by atoms with Crippen molar-refractivity contribution in [3.05, 3.63) is 29.8 Å². The van der Waals surface area contributed by atoms with E-state index in [9.17, 15) is 13.9 Å². The number of aliphatic hydroxyl groups is 1. The molecule has 1 unspecified atom stereocenters. The molecule has 0 saturated carbocycles. The molecule has 0 saturated heterocycles. The molecule has 0 aromatic heterocycles. The smallest absolute Gasteiger partial charge is 0.200 e. The highest BCUT2D eigenvalue weighted by atomic mass is 19.2. The molecule has 0 amide bonds. The topological polar surface area (TPSA) is 38.7 Å². The monoisotopic (exact) mass is 218 g/mol. The summed E-state index contributed by atoms with van der Waals surface area (Å²) in [7, 11) is 1.42. The van der Waals surface area contributed by atoms with Crippen LogP contribution in [0.25, 0.3) is 0 Å². The van der Waals surface area contributed by atoms with E-state index in [1.54, 1.807) is 0 Å². The lowest BCUT2D eigenvalue weighted by Gasteiger charge is -2.11. The Morgan fingerprint density at radius 1 is 1.33 bits per heavy atom. The largest absolute Gasteiger partial charge is 0.488 e. The summed E-state index contributed by atoms with van der Waals surface area (Å²) in [6.07, 6.45) is -0.863. The van der Waals surface area contributed by atoms with Crippen molar-refractivity contribution in [2.24, 2.45) is 0 Å². The summed E-state index contributed by atoms with van der Waals surface area (Å²) in [5, 5.41) is 9.20. The van der Waals surface area contributed by atoms with Crippen LogP contribution in [0.2, 0.25) is 0 Å².